The Morgan fingerprint density at radius 3 is 2.82 bits per heavy atom. The quantitative estimate of drug-likeness (QED) is 0.863. The average Bonchev–Trinajstić information content (AvgIpc) is 2.96. The molecular weight excluding hydrogens is 298 g/mol. The van der Waals surface area contributed by atoms with Gasteiger partial charge in [0.2, 0.25) is 5.89 Å². The third-order valence-corrected chi connectivity index (χ3v) is 4.50. The summed E-state index contributed by atoms with van der Waals surface area (Å²) >= 11 is 5.92. The van der Waals surface area contributed by atoms with Crippen LogP contribution in [0.1, 0.15) is 18.7 Å². The van der Waals surface area contributed by atoms with Gasteiger partial charge in [0.15, 0.2) is 5.76 Å². The number of benzene rings is 1. The first-order valence-electron chi connectivity index (χ1n) is 7.71. The lowest BCUT2D eigenvalue weighted by molar-refractivity contribution is 0.120. The zero-order valence-corrected chi connectivity index (χ0v) is 13.9. The van der Waals surface area contributed by atoms with E-state index in [1.165, 1.54) is 12.8 Å². The minimum atomic E-state index is 0.624. The number of likely N-dealkylation sites (N-methyl/N-ethyl adjacent to an activating group) is 1. The molecule has 1 aliphatic rings. The molecule has 22 heavy (non-hydrogen) atoms. The molecule has 1 fully saturated rings. The highest BCUT2D eigenvalue weighted by atomic mass is 35.5. The summed E-state index contributed by atoms with van der Waals surface area (Å²) in [7, 11) is 4.30. The highest BCUT2D eigenvalue weighted by Crippen LogP contribution is 2.23. The monoisotopic (exact) mass is 319 g/mol. The van der Waals surface area contributed by atoms with Crippen molar-refractivity contribution in [3.8, 4) is 11.3 Å². The molecule has 0 saturated carbocycles. The van der Waals surface area contributed by atoms with Gasteiger partial charge in [0, 0.05) is 23.2 Å². The number of halogens is 1. The Morgan fingerprint density at radius 1 is 1.32 bits per heavy atom. The highest BCUT2D eigenvalue weighted by molar-refractivity contribution is 6.30. The van der Waals surface area contributed by atoms with E-state index in [4.69, 9.17) is 16.0 Å². The van der Waals surface area contributed by atoms with Crippen LogP contribution in [0.3, 0.4) is 0 Å². The van der Waals surface area contributed by atoms with Crippen LogP contribution in [-0.2, 0) is 6.54 Å². The fourth-order valence-corrected chi connectivity index (χ4v) is 3.04. The van der Waals surface area contributed by atoms with Crippen LogP contribution in [0.15, 0.2) is 34.9 Å². The smallest absolute Gasteiger partial charge is 0.209 e. The van der Waals surface area contributed by atoms with Gasteiger partial charge in [0.1, 0.15) is 0 Å². The number of nitrogens with zero attached hydrogens (tertiary/aromatic N) is 3. The summed E-state index contributed by atoms with van der Waals surface area (Å²) < 4.78 is 5.90. The average molecular weight is 320 g/mol. The van der Waals surface area contributed by atoms with Gasteiger partial charge >= 0.3 is 0 Å². The second-order valence-corrected chi connectivity index (χ2v) is 6.56. The van der Waals surface area contributed by atoms with E-state index in [9.17, 15) is 0 Å². The molecule has 0 amide bonds. The molecule has 4 nitrogen and oxygen atoms in total. The SMILES string of the molecule is CN(C)C1CCCN(Cc2ncc(-c3ccc(Cl)cc3)o2)C1. The molecule has 1 aromatic heterocycles. The van der Waals surface area contributed by atoms with E-state index in [-0.39, 0.29) is 0 Å². The van der Waals surface area contributed by atoms with Crippen LogP contribution in [-0.4, -0.2) is 48.0 Å². The molecule has 1 unspecified atom stereocenters. The van der Waals surface area contributed by atoms with E-state index in [1.54, 1.807) is 6.20 Å². The van der Waals surface area contributed by atoms with Crippen LogP contribution in [0.25, 0.3) is 11.3 Å². The first-order chi connectivity index (χ1) is 10.6. The van der Waals surface area contributed by atoms with Crippen LogP contribution < -0.4 is 0 Å². The Kier molecular flexibility index (Phi) is 4.81. The molecule has 118 valence electrons. The Morgan fingerprint density at radius 2 is 2.09 bits per heavy atom. The van der Waals surface area contributed by atoms with Gasteiger partial charge in [-0.3, -0.25) is 4.90 Å². The maximum atomic E-state index is 5.92. The van der Waals surface area contributed by atoms with Gasteiger partial charge in [0.25, 0.3) is 0 Å². The van der Waals surface area contributed by atoms with Crippen LogP contribution in [0.2, 0.25) is 5.02 Å². The van der Waals surface area contributed by atoms with Gasteiger partial charge in [-0.1, -0.05) is 11.6 Å². The second-order valence-electron chi connectivity index (χ2n) is 6.12. The van der Waals surface area contributed by atoms with Crippen LogP contribution in [0.4, 0.5) is 0 Å². The Balaban J connectivity index is 1.65. The summed E-state index contributed by atoms with van der Waals surface area (Å²) in [5.41, 5.74) is 1.01. The summed E-state index contributed by atoms with van der Waals surface area (Å²) in [6, 6.07) is 8.27. The molecule has 5 heteroatoms. The van der Waals surface area contributed by atoms with Crippen molar-refractivity contribution >= 4 is 11.6 Å². The fraction of sp³-hybridized carbons (Fsp3) is 0.471. The normalized spacial score (nSPS) is 19.7. The molecule has 0 radical (unpaired) electrons. The largest absolute Gasteiger partial charge is 0.439 e. The lowest BCUT2D eigenvalue weighted by Gasteiger charge is -2.35. The predicted octanol–water partition coefficient (Wildman–Crippen LogP) is 3.52. The zero-order chi connectivity index (χ0) is 15.5. The van der Waals surface area contributed by atoms with Gasteiger partial charge in [-0.15, -0.1) is 0 Å². The van der Waals surface area contributed by atoms with Crippen molar-refractivity contribution in [3.05, 3.63) is 41.4 Å². The predicted molar refractivity (Wildman–Crippen MR) is 88.9 cm³/mol. The molecule has 1 aliphatic heterocycles. The van der Waals surface area contributed by atoms with Crippen molar-refractivity contribution in [2.75, 3.05) is 27.2 Å². The van der Waals surface area contributed by atoms with E-state index in [0.717, 1.165) is 41.9 Å². The van der Waals surface area contributed by atoms with Crippen molar-refractivity contribution in [1.29, 1.82) is 0 Å². The zero-order valence-electron chi connectivity index (χ0n) is 13.1. The van der Waals surface area contributed by atoms with E-state index in [1.807, 2.05) is 24.3 Å². The molecular formula is C17H22ClN3O. The first kappa shape index (κ1) is 15.5. The van der Waals surface area contributed by atoms with E-state index >= 15 is 0 Å². The van der Waals surface area contributed by atoms with Crippen molar-refractivity contribution in [3.63, 3.8) is 0 Å². The number of oxazole rings is 1. The number of aromatic nitrogens is 1. The Hall–Kier alpha value is -1.36. The molecule has 0 bridgehead atoms. The molecule has 0 aliphatic carbocycles. The van der Waals surface area contributed by atoms with Gasteiger partial charge in [-0.25, -0.2) is 4.98 Å². The molecule has 2 aromatic rings. The topological polar surface area (TPSA) is 32.5 Å². The van der Waals surface area contributed by atoms with Gasteiger partial charge in [-0.2, -0.15) is 0 Å². The minimum Gasteiger partial charge on any atom is -0.439 e. The van der Waals surface area contributed by atoms with Gasteiger partial charge in [0.05, 0.1) is 12.7 Å². The molecule has 2 heterocycles. The first-order valence-corrected chi connectivity index (χ1v) is 8.09. The summed E-state index contributed by atoms with van der Waals surface area (Å²) in [5, 5.41) is 0.728. The van der Waals surface area contributed by atoms with Crippen molar-refractivity contribution in [2.45, 2.75) is 25.4 Å². The van der Waals surface area contributed by atoms with E-state index in [0.29, 0.717) is 6.04 Å². The van der Waals surface area contributed by atoms with Crippen molar-refractivity contribution in [1.82, 2.24) is 14.8 Å². The molecule has 3 rings (SSSR count). The van der Waals surface area contributed by atoms with Crippen molar-refractivity contribution < 1.29 is 4.42 Å². The van der Waals surface area contributed by atoms with Crippen molar-refractivity contribution in [2.24, 2.45) is 0 Å². The lowest BCUT2D eigenvalue weighted by Crippen LogP contribution is -2.44. The summed E-state index contributed by atoms with van der Waals surface area (Å²) in [6.45, 7) is 2.96. The van der Waals surface area contributed by atoms with E-state index in [2.05, 4.69) is 28.9 Å². The van der Waals surface area contributed by atoms with Crippen LogP contribution in [0, 0.1) is 0 Å². The summed E-state index contributed by atoms with van der Waals surface area (Å²) in [5.74, 6) is 1.58. The number of rotatable bonds is 4. The maximum Gasteiger partial charge on any atom is 0.209 e. The third kappa shape index (κ3) is 3.69. The molecule has 0 N–H and O–H groups in total. The number of likely N-dealkylation sites (tertiary alicyclic amines) is 1. The lowest BCUT2D eigenvalue weighted by atomic mass is 10.1. The highest BCUT2D eigenvalue weighted by Gasteiger charge is 2.22. The molecule has 1 atom stereocenters. The summed E-state index contributed by atoms with van der Waals surface area (Å²) in [6.07, 6.45) is 4.30. The van der Waals surface area contributed by atoms with E-state index < -0.39 is 0 Å². The standard InChI is InChI=1S/C17H22ClN3O/c1-20(2)15-4-3-9-21(11-15)12-17-19-10-16(22-17)13-5-7-14(18)8-6-13/h5-8,10,15H,3-4,9,11-12H2,1-2H3. The molecule has 1 saturated heterocycles. The minimum absolute atomic E-state index is 0.624. The van der Waals surface area contributed by atoms with Crippen LogP contribution in [0.5, 0.6) is 0 Å². The molecule has 1 aromatic carbocycles. The number of hydrogen-bond acceptors (Lipinski definition) is 4. The second kappa shape index (κ2) is 6.82. The third-order valence-electron chi connectivity index (χ3n) is 4.25. The Labute approximate surface area is 136 Å². The summed E-state index contributed by atoms with van der Waals surface area (Å²) in [4.78, 5) is 9.15. The molecule has 0 spiro atoms. The van der Waals surface area contributed by atoms with Crippen LogP contribution >= 0.6 is 11.6 Å². The maximum absolute atomic E-state index is 5.92. The number of piperidine rings is 1. The van der Waals surface area contributed by atoms with Gasteiger partial charge in [-0.05, 0) is 57.7 Å². The Bertz CT molecular complexity index is 609. The van der Waals surface area contributed by atoms with Gasteiger partial charge < -0.3 is 9.32 Å². The number of hydrogen-bond donors (Lipinski definition) is 0. The fourth-order valence-electron chi connectivity index (χ4n) is 2.92.